The number of thioether (sulfide) groups is 1. The summed E-state index contributed by atoms with van der Waals surface area (Å²) in [7, 11) is 3.09. The number of hydrogen-bond donors (Lipinski definition) is 1. The van der Waals surface area contributed by atoms with E-state index in [0.717, 1.165) is 10.6 Å². The second-order valence-electron chi connectivity index (χ2n) is 5.66. The third kappa shape index (κ3) is 3.94. The van der Waals surface area contributed by atoms with Gasteiger partial charge in [0.25, 0.3) is 0 Å². The van der Waals surface area contributed by atoms with Crippen molar-refractivity contribution in [2.45, 2.75) is 11.3 Å². The van der Waals surface area contributed by atoms with Gasteiger partial charge in [-0.1, -0.05) is 12.1 Å². The molecule has 0 saturated carbocycles. The fraction of sp³-hybridized carbons (Fsp3) is 0.263. The van der Waals surface area contributed by atoms with Gasteiger partial charge in [-0.25, -0.2) is 0 Å². The van der Waals surface area contributed by atoms with Crippen molar-refractivity contribution in [3.05, 3.63) is 42.5 Å². The van der Waals surface area contributed by atoms with Crippen LogP contribution in [0.25, 0.3) is 0 Å². The molecule has 136 valence electrons. The van der Waals surface area contributed by atoms with Crippen LogP contribution in [0.2, 0.25) is 0 Å². The van der Waals surface area contributed by atoms with Crippen LogP contribution in [0, 0.1) is 0 Å². The second kappa shape index (κ2) is 8.14. The molecule has 2 aromatic carbocycles. The molecule has 0 radical (unpaired) electrons. The minimum absolute atomic E-state index is 0.0500. The summed E-state index contributed by atoms with van der Waals surface area (Å²) >= 11 is 1.63. The average Bonchev–Trinajstić information content (AvgIpc) is 2.81. The molecule has 1 aliphatic heterocycles. The monoisotopic (exact) mass is 372 g/mol. The molecule has 1 aliphatic rings. The summed E-state index contributed by atoms with van der Waals surface area (Å²) in [6.07, 6.45) is 0.401. The largest absolute Gasteiger partial charge is 0.497 e. The topological polar surface area (TPSA) is 67.9 Å². The van der Waals surface area contributed by atoms with Gasteiger partial charge in [-0.3, -0.25) is 9.59 Å². The van der Waals surface area contributed by atoms with Crippen molar-refractivity contribution < 1.29 is 19.1 Å². The first-order valence-electron chi connectivity index (χ1n) is 8.16. The van der Waals surface area contributed by atoms with Crippen molar-refractivity contribution in [1.82, 2.24) is 0 Å². The molecule has 0 unspecified atom stereocenters. The van der Waals surface area contributed by atoms with Crippen molar-refractivity contribution in [1.29, 1.82) is 0 Å². The number of hydrogen-bond acceptors (Lipinski definition) is 5. The molecular formula is C19H20N2O4S. The number of anilines is 2. The minimum atomic E-state index is -0.288. The Morgan fingerprint density at radius 1 is 1.19 bits per heavy atom. The quantitative estimate of drug-likeness (QED) is 0.873. The Morgan fingerprint density at radius 2 is 2.00 bits per heavy atom. The lowest BCUT2D eigenvalue weighted by molar-refractivity contribution is -0.121. The zero-order chi connectivity index (χ0) is 18.5. The number of amides is 2. The Hall–Kier alpha value is -2.67. The van der Waals surface area contributed by atoms with Crippen LogP contribution < -0.4 is 19.7 Å². The molecule has 3 rings (SSSR count). The molecule has 2 aromatic rings. The van der Waals surface area contributed by atoms with E-state index in [-0.39, 0.29) is 18.4 Å². The fourth-order valence-corrected chi connectivity index (χ4v) is 3.73. The van der Waals surface area contributed by atoms with E-state index in [1.807, 2.05) is 24.3 Å². The number of methoxy groups -OCH3 is 2. The highest BCUT2D eigenvalue weighted by molar-refractivity contribution is 7.99. The minimum Gasteiger partial charge on any atom is -0.497 e. The van der Waals surface area contributed by atoms with Crippen LogP contribution in [-0.4, -0.2) is 38.3 Å². The van der Waals surface area contributed by atoms with Crippen molar-refractivity contribution in [3.8, 4) is 11.5 Å². The number of fused-ring (bicyclic) bond motifs is 1. The van der Waals surface area contributed by atoms with E-state index in [1.54, 1.807) is 42.0 Å². The van der Waals surface area contributed by atoms with E-state index < -0.39 is 0 Å². The van der Waals surface area contributed by atoms with Gasteiger partial charge in [0.2, 0.25) is 11.8 Å². The van der Waals surface area contributed by atoms with Crippen LogP contribution >= 0.6 is 11.8 Å². The predicted molar refractivity (Wildman–Crippen MR) is 102 cm³/mol. The van der Waals surface area contributed by atoms with E-state index in [0.29, 0.717) is 29.4 Å². The first kappa shape index (κ1) is 18.1. The van der Waals surface area contributed by atoms with Crippen molar-refractivity contribution >= 4 is 35.0 Å². The summed E-state index contributed by atoms with van der Waals surface area (Å²) in [6, 6.07) is 12.8. The third-order valence-corrected chi connectivity index (χ3v) is 5.08. The lowest BCUT2D eigenvalue weighted by atomic mass is 10.2. The lowest BCUT2D eigenvalue weighted by Gasteiger charge is -2.22. The summed E-state index contributed by atoms with van der Waals surface area (Å²) in [4.78, 5) is 27.6. The SMILES string of the molecule is COc1ccc(NC(=O)CN2C(=O)CCSc3ccccc32)c(OC)c1. The molecule has 1 heterocycles. The maximum absolute atomic E-state index is 12.6. The maximum atomic E-state index is 12.6. The lowest BCUT2D eigenvalue weighted by Crippen LogP contribution is -2.38. The Morgan fingerprint density at radius 3 is 2.77 bits per heavy atom. The molecule has 0 atom stereocenters. The number of benzene rings is 2. The smallest absolute Gasteiger partial charge is 0.244 e. The van der Waals surface area contributed by atoms with Crippen LogP contribution in [0.1, 0.15) is 6.42 Å². The zero-order valence-corrected chi connectivity index (χ0v) is 15.5. The normalized spacial score (nSPS) is 13.6. The molecule has 26 heavy (non-hydrogen) atoms. The van der Waals surface area contributed by atoms with Gasteiger partial charge in [-0.05, 0) is 24.3 Å². The maximum Gasteiger partial charge on any atom is 0.244 e. The molecule has 2 amide bonds. The van der Waals surface area contributed by atoms with Gasteiger partial charge in [0, 0.05) is 23.1 Å². The summed E-state index contributed by atoms with van der Waals surface area (Å²) in [5.41, 5.74) is 1.31. The number of carbonyl (C=O) groups is 2. The molecule has 0 fully saturated rings. The number of rotatable bonds is 5. The Bertz CT molecular complexity index is 825. The number of ether oxygens (including phenoxy) is 2. The highest BCUT2D eigenvalue weighted by Crippen LogP contribution is 2.34. The highest BCUT2D eigenvalue weighted by atomic mass is 32.2. The van der Waals surface area contributed by atoms with Gasteiger partial charge >= 0.3 is 0 Å². The van der Waals surface area contributed by atoms with E-state index in [2.05, 4.69) is 5.32 Å². The summed E-state index contributed by atoms with van der Waals surface area (Å²) in [5.74, 6) is 1.49. The summed E-state index contributed by atoms with van der Waals surface area (Å²) in [5, 5.41) is 2.81. The number of para-hydroxylation sites is 1. The summed E-state index contributed by atoms with van der Waals surface area (Å²) in [6.45, 7) is -0.0500. The van der Waals surface area contributed by atoms with Gasteiger partial charge in [0.1, 0.15) is 18.0 Å². The van der Waals surface area contributed by atoms with Gasteiger partial charge in [0.15, 0.2) is 0 Å². The molecule has 0 saturated heterocycles. The number of carbonyl (C=O) groups excluding carboxylic acids is 2. The Balaban J connectivity index is 1.78. The van der Waals surface area contributed by atoms with E-state index in [9.17, 15) is 9.59 Å². The molecule has 0 spiro atoms. The molecule has 0 aromatic heterocycles. The molecule has 0 aliphatic carbocycles. The Labute approximate surface area is 156 Å². The highest BCUT2D eigenvalue weighted by Gasteiger charge is 2.24. The zero-order valence-electron chi connectivity index (χ0n) is 14.7. The van der Waals surface area contributed by atoms with Gasteiger partial charge in [-0.15, -0.1) is 11.8 Å². The molecule has 7 heteroatoms. The van der Waals surface area contributed by atoms with Crippen LogP contribution in [0.4, 0.5) is 11.4 Å². The molecule has 0 bridgehead atoms. The standard InChI is InChI=1S/C19H20N2O4S/c1-24-13-7-8-14(16(11-13)25-2)20-18(22)12-21-15-5-3-4-6-17(15)26-10-9-19(21)23/h3-8,11H,9-10,12H2,1-2H3,(H,20,22). The van der Waals surface area contributed by atoms with Gasteiger partial charge in [-0.2, -0.15) is 0 Å². The number of nitrogens with one attached hydrogen (secondary N) is 1. The van der Waals surface area contributed by atoms with E-state index in [4.69, 9.17) is 9.47 Å². The van der Waals surface area contributed by atoms with E-state index in [1.165, 1.54) is 7.11 Å². The van der Waals surface area contributed by atoms with Gasteiger partial charge in [0.05, 0.1) is 25.6 Å². The van der Waals surface area contributed by atoms with Crippen molar-refractivity contribution in [2.75, 3.05) is 36.7 Å². The van der Waals surface area contributed by atoms with Crippen LogP contribution in [-0.2, 0) is 9.59 Å². The third-order valence-electron chi connectivity index (χ3n) is 4.02. The predicted octanol–water partition coefficient (Wildman–Crippen LogP) is 3.17. The molecule has 1 N–H and O–H groups in total. The van der Waals surface area contributed by atoms with Crippen LogP contribution in [0.15, 0.2) is 47.4 Å². The second-order valence-corrected chi connectivity index (χ2v) is 6.80. The van der Waals surface area contributed by atoms with Crippen LogP contribution in [0.3, 0.4) is 0 Å². The van der Waals surface area contributed by atoms with Crippen molar-refractivity contribution in [3.63, 3.8) is 0 Å². The van der Waals surface area contributed by atoms with E-state index >= 15 is 0 Å². The average molecular weight is 372 g/mol. The first-order chi connectivity index (χ1) is 12.6. The van der Waals surface area contributed by atoms with Crippen LogP contribution in [0.5, 0.6) is 11.5 Å². The van der Waals surface area contributed by atoms with Gasteiger partial charge < -0.3 is 19.7 Å². The Kier molecular flexibility index (Phi) is 5.68. The van der Waals surface area contributed by atoms with Crippen molar-refractivity contribution in [2.24, 2.45) is 0 Å². The summed E-state index contributed by atoms with van der Waals surface area (Å²) < 4.78 is 10.5. The molecular weight excluding hydrogens is 352 g/mol. The molecule has 6 nitrogen and oxygen atoms in total. The number of nitrogens with zero attached hydrogens (tertiary/aromatic N) is 1. The first-order valence-corrected chi connectivity index (χ1v) is 9.15. The fourth-order valence-electron chi connectivity index (χ4n) is 2.73.